The molecule has 1 atom stereocenters. The van der Waals surface area contributed by atoms with Crippen LogP contribution >= 0.6 is 15.9 Å². The quantitative estimate of drug-likeness (QED) is 0.866. The predicted molar refractivity (Wildman–Crippen MR) is 67.3 cm³/mol. The molecule has 18 heavy (non-hydrogen) atoms. The van der Waals surface area contributed by atoms with Crippen LogP contribution in [0.15, 0.2) is 16.6 Å². The number of carbonyl (C=O) groups excluding carboxylic acids is 1. The summed E-state index contributed by atoms with van der Waals surface area (Å²) in [7, 11) is 1.54. The Morgan fingerprint density at radius 2 is 2.00 bits per heavy atom. The zero-order chi connectivity index (χ0) is 13.9. The van der Waals surface area contributed by atoms with Gasteiger partial charge in [-0.15, -0.1) is 0 Å². The highest BCUT2D eigenvalue weighted by Crippen LogP contribution is 2.22. The third-order valence-corrected chi connectivity index (χ3v) is 3.13. The van der Waals surface area contributed by atoms with Gasteiger partial charge < -0.3 is 10.0 Å². The topological polar surface area (TPSA) is 40.5 Å². The van der Waals surface area contributed by atoms with E-state index >= 15 is 0 Å². The molecule has 0 saturated carbocycles. The van der Waals surface area contributed by atoms with E-state index in [9.17, 15) is 13.6 Å². The van der Waals surface area contributed by atoms with E-state index in [4.69, 9.17) is 5.11 Å². The van der Waals surface area contributed by atoms with Crippen molar-refractivity contribution in [1.29, 1.82) is 0 Å². The summed E-state index contributed by atoms with van der Waals surface area (Å²) in [6.45, 7) is 1.95. The van der Waals surface area contributed by atoms with Gasteiger partial charge in [-0.1, -0.05) is 0 Å². The van der Waals surface area contributed by atoms with Gasteiger partial charge in [0.05, 0.1) is 11.7 Å². The summed E-state index contributed by atoms with van der Waals surface area (Å²) in [6, 6.07) is 1.78. The summed E-state index contributed by atoms with van der Waals surface area (Å²) in [5.74, 6) is -2.50. The smallest absolute Gasteiger partial charge is 0.254 e. The van der Waals surface area contributed by atoms with Crippen LogP contribution < -0.4 is 0 Å². The second-order valence-electron chi connectivity index (χ2n) is 4.11. The zero-order valence-electron chi connectivity index (χ0n) is 10.1. The average molecular weight is 322 g/mol. The van der Waals surface area contributed by atoms with Crippen molar-refractivity contribution < 1.29 is 18.7 Å². The summed E-state index contributed by atoms with van der Waals surface area (Å²) in [4.78, 5) is 13.3. The molecule has 6 heteroatoms. The molecule has 1 amide bonds. The van der Waals surface area contributed by atoms with Gasteiger partial charge in [-0.2, -0.15) is 0 Å². The Balaban J connectivity index is 2.87. The molecular formula is C12H14BrF2NO2. The summed E-state index contributed by atoms with van der Waals surface area (Å²) in [5, 5.41) is 9.13. The maximum atomic E-state index is 13.1. The number of halogens is 3. The fraction of sp³-hybridized carbons (Fsp3) is 0.417. The lowest BCUT2D eigenvalue weighted by Crippen LogP contribution is -2.29. The molecule has 0 spiro atoms. The van der Waals surface area contributed by atoms with Gasteiger partial charge >= 0.3 is 0 Å². The van der Waals surface area contributed by atoms with Gasteiger partial charge in [0.15, 0.2) is 11.6 Å². The number of benzene rings is 1. The molecule has 0 radical (unpaired) electrons. The predicted octanol–water partition coefficient (Wildman–Crippen LogP) is 2.57. The molecule has 0 saturated heterocycles. The molecule has 0 bridgehead atoms. The number of aliphatic hydroxyl groups excluding tert-OH is 1. The normalized spacial score (nSPS) is 12.3. The van der Waals surface area contributed by atoms with Crippen LogP contribution in [0.2, 0.25) is 0 Å². The molecule has 0 heterocycles. The molecule has 1 N–H and O–H groups in total. The standard InChI is InChI=1S/C12H14BrF2NO2/c1-7(17)3-4-16(2)12(18)8-5-10(14)11(15)6-9(8)13/h5-7,17H,3-4H2,1-2H3. The van der Waals surface area contributed by atoms with Crippen LogP contribution in [-0.4, -0.2) is 35.6 Å². The molecule has 1 unspecified atom stereocenters. The molecule has 1 aromatic rings. The Kier molecular flexibility index (Phi) is 5.22. The third-order valence-electron chi connectivity index (χ3n) is 2.47. The van der Waals surface area contributed by atoms with Gasteiger partial charge in [0.2, 0.25) is 0 Å². The highest BCUT2D eigenvalue weighted by atomic mass is 79.9. The van der Waals surface area contributed by atoms with Crippen LogP contribution in [0, 0.1) is 11.6 Å². The van der Waals surface area contributed by atoms with Crippen molar-refractivity contribution in [1.82, 2.24) is 4.90 Å². The summed E-state index contributed by atoms with van der Waals surface area (Å²) < 4.78 is 26.2. The molecule has 0 aliphatic heterocycles. The second kappa shape index (κ2) is 6.24. The van der Waals surface area contributed by atoms with Crippen LogP contribution in [0.5, 0.6) is 0 Å². The number of hydrogen-bond acceptors (Lipinski definition) is 2. The Bertz CT molecular complexity index is 452. The Morgan fingerprint density at radius 3 is 2.56 bits per heavy atom. The van der Waals surface area contributed by atoms with Crippen molar-refractivity contribution in [2.24, 2.45) is 0 Å². The van der Waals surface area contributed by atoms with Crippen molar-refractivity contribution in [3.05, 3.63) is 33.8 Å². The minimum atomic E-state index is -1.06. The Hall–Kier alpha value is -1.01. The van der Waals surface area contributed by atoms with Gasteiger partial charge in [-0.3, -0.25) is 4.79 Å². The number of aliphatic hydroxyl groups is 1. The number of amides is 1. The number of hydrogen-bond donors (Lipinski definition) is 1. The van der Waals surface area contributed by atoms with Crippen LogP contribution in [0.4, 0.5) is 8.78 Å². The monoisotopic (exact) mass is 321 g/mol. The van der Waals surface area contributed by atoms with Crippen molar-refractivity contribution >= 4 is 21.8 Å². The Morgan fingerprint density at radius 1 is 1.44 bits per heavy atom. The first kappa shape index (κ1) is 15.0. The molecule has 0 fully saturated rings. The summed E-state index contributed by atoms with van der Waals surface area (Å²) in [5.41, 5.74) is 0.0574. The highest BCUT2D eigenvalue weighted by Gasteiger charge is 2.18. The molecule has 1 aromatic carbocycles. The van der Waals surface area contributed by atoms with Gasteiger partial charge in [-0.05, 0) is 41.4 Å². The van der Waals surface area contributed by atoms with Gasteiger partial charge in [0, 0.05) is 18.1 Å². The largest absolute Gasteiger partial charge is 0.393 e. The molecule has 0 aliphatic rings. The van der Waals surface area contributed by atoms with Gasteiger partial charge in [0.1, 0.15) is 0 Å². The van der Waals surface area contributed by atoms with E-state index in [2.05, 4.69) is 15.9 Å². The third kappa shape index (κ3) is 3.74. The van der Waals surface area contributed by atoms with E-state index in [1.807, 2.05) is 0 Å². The van der Waals surface area contributed by atoms with Crippen molar-refractivity contribution in [2.75, 3.05) is 13.6 Å². The molecule has 3 nitrogen and oxygen atoms in total. The lowest BCUT2D eigenvalue weighted by atomic mass is 10.2. The summed E-state index contributed by atoms with van der Waals surface area (Å²) in [6.07, 6.45) is -0.0996. The lowest BCUT2D eigenvalue weighted by molar-refractivity contribution is 0.0767. The SMILES string of the molecule is CC(O)CCN(C)C(=O)c1cc(F)c(F)cc1Br. The maximum absolute atomic E-state index is 13.1. The number of carbonyl (C=O) groups is 1. The van der Waals surface area contributed by atoms with Crippen molar-refractivity contribution in [2.45, 2.75) is 19.4 Å². The van der Waals surface area contributed by atoms with Crippen LogP contribution in [0.3, 0.4) is 0 Å². The van der Waals surface area contributed by atoms with Crippen LogP contribution in [0.1, 0.15) is 23.7 Å². The first-order chi connectivity index (χ1) is 8.32. The Labute approximate surface area is 113 Å². The number of rotatable bonds is 4. The van der Waals surface area contributed by atoms with Gasteiger partial charge in [0.25, 0.3) is 5.91 Å². The second-order valence-corrected chi connectivity index (χ2v) is 4.96. The lowest BCUT2D eigenvalue weighted by Gasteiger charge is -2.18. The first-order valence-corrected chi connectivity index (χ1v) is 6.20. The first-order valence-electron chi connectivity index (χ1n) is 5.41. The van der Waals surface area contributed by atoms with Gasteiger partial charge in [-0.25, -0.2) is 8.78 Å². The van der Waals surface area contributed by atoms with Crippen molar-refractivity contribution in [3.8, 4) is 0 Å². The maximum Gasteiger partial charge on any atom is 0.254 e. The summed E-state index contributed by atoms with van der Waals surface area (Å²) >= 11 is 3.03. The molecular weight excluding hydrogens is 308 g/mol. The fourth-order valence-corrected chi connectivity index (χ4v) is 1.86. The zero-order valence-corrected chi connectivity index (χ0v) is 11.7. The minimum Gasteiger partial charge on any atom is -0.393 e. The molecule has 0 aromatic heterocycles. The molecule has 1 rings (SSSR count). The molecule has 0 aliphatic carbocycles. The fourth-order valence-electron chi connectivity index (χ4n) is 1.37. The van der Waals surface area contributed by atoms with E-state index in [-0.39, 0.29) is 10.0 Å². The highest BCUT2D eigenvalue weighted by molar-refractivity contribution is 9.10. The van der Waals surface area contributed by atoms with E-state index in [0.717, 1.165) is 12.1 Å². The van der Waals surface area contributed by atoms with Crippen LogP contribution in [-0.2, 0) is 0 Å². The van der Waals surface area contributed by atoms with E-state index in [1.165, 1.54) is 4.90 Å². The van der Waals surface area contributed by atoms with E-state index < -0.39 is 23.6 Å². The number of nitrogens with zero attached hydrogens (tertiary/aromatic N) is 1. The van der Waals surface area contributed by atoms with E-state index in [0.29, 0.717) is 13.0 Å². The van der Waals surface area contributed by atoms with E-state index in [1.54, 1.807) is 14.0 Å². The van der Waals surface area contributed by atoms with Crippen LogP contribution in [0.25, 0.3) is 0 Å². The minimum absolute atomic E-state index is 0.0574. The average Bonchev–Trinajstić information content (AvgIpc) is 2.29. The molecule has 100 valence electrons. The van der Waals surface area contributed by atoms with Crippen molar-refractivity contribution in [3.63, 3.8) is 0 Å².